The van der Waals surface area contributed by atoms with Crippen molar-refractivity contribution in [3.8, 4) is 0 Å². The van der Waals surface area contributed by atoms with Crippen LogP contribution < -0.4 is 16.0 Å². The number of rotatable bonds is 6. The predicted octanol–water partition coefficient (Wildman–Crippen LogP) is 2.40. The molecule has 0 atom stereocenters. The van der Waals surface area contributed by atoms with Crippen LogP contribution in [0.15, 0.2) is 22.7 Å². The highest BCUT2D eigenvalue weighted by atomic mass is 79.9. The molecule has 1 amide bonds. The number of carbonyl (C=O) groups excluding carboxylic acids is 1. The van der Waals surface area contributed by atoms with Crippen LogP contribution >= 0.6 is 15.9 Å². The van der Waals surface area contributed by atoms with Crippen molar-refractivity contribution in [2.45, 2.75) is 38.3 Å². The van der Waals surface area contributed by atoms with Crippen LogP contribution in [0.4, 0.5) is 5.69 Å². The highest BCUT2D eigenvalue weighted by Gasteiger charge is 2.25. The van der Waals surface area contributed by atoms with Crippen LogP contribution in [0.25, 0.3) is 0 Å². The lowest BCUT2D eigenvalue weighted by atomic mass is 10.1. The molecule has 2 rings (SSSR count). The molecule has 20 heavy (non-hydrogen) atoms. The molecule has 1 aromatic rings. The minimum Gasteiger partial charge on any atom is -0.368 e. The molecule has 0 spiro atoms. The quantitative estimate of drug-likeness (QED) is 0.836. The van der Waals surface area contributed by atoms with E-state index in [0.717, 1.165) is 29.5 Å². The lowest BCUT2D eigenvalue weighted by molar-refractivity contribution is -0.116. The van der Waals surface area contributed by atoms with Gasteiger partial charge in [-0.3, -0.25) is 4.79 Å². The summed E-state index contributed by atoms with van der Waals surface area (Å²) in [6, 6.07) is 6.64. The summed E-state index contributed by atoms with van der Waals surface area (Å²) in [5.74, 6) is -0.268. The van der Waals surface area contributed by atoms with Gasteiger partial charge in [-0.15, -0.1) is 0 Å². The summed E-state index contributed by atoms with van der Waals surface area (Å²) in [4.78, 5) is 13.6. The Balaban J connectivity index is 2.33. The number of nitrogens with one attached hydrogen (secondary N) is 1. The third-order valence-electron chi connectivity index (χ3n) is 3.81. The Kier molecular flexibility index (Phi) is 5.43. The van der Waals surface area contributed by atoms with Crippen molar-refractivity contribution in [1.82, 2.24) is 5.32 Å². The van der Waals surface area contributed by atoms with Gasteiger partial charge in [0.1, 0.15) is 0 Å². The standard InChI is InChI=1S/C15H22BrN3O/c1-18-9-11-8-12(16)6-7-14(11)19(10-15(17)20)13-4-2-3-5-13/h6-8,13,18H,2-5,9-10H2,1H3,(H2,17,20). The van der Waals surface area contributed by atoms with E-state index in [0.29, 0.717) is 12.6 Å². The number of carbonyl (C=O) groups is 1. The number of hydrogen-bond acceptors (Lipinski definition) is 3. The molecule has 1 aliphatic carbocycles. The van der Waals surface area contributed by atoms with Crippen molar-refractivity contribution in [3.63, 3.8) is 0 Å². The SMILES string of the molecule is CNCc1cc(Br)ccc1N(CC(N)=O)C1CCCC1. The van der Waals surface area contributed by atoms with E-state index >= 15 is 0 Å². The van der Waals surface area contributed by atoms with Crippen molar-refractivity contribution in [1.29, 1.82) is 0 Å². The van der Waals surface area contributed by atoms with Gasteiger partial charge in [0.25, 0.3) is 0 Å². The fraction of sp³-hybridized carbons (Fsp3) is 0.533. The van der Waals surface area contributed by atoms with Crippen LogP contribution in [0.5, 0.6) is 0 Å². The Morgan fingerprint density at radius 1 is 1.45 bits per heavy atom. The maximum atomic E-state index is 11.4. The molecule has 0 unspecified atom stereocenters. The van der Waals surface area contributed by atoms with Gasteiger partial charge >= 0.3 is 0 Å². The molecule has 3 N–H and O–H groups in total. The molecule has 1 aromatic carbocycles. The second kappa shape index (κ2) is 7.09. The van der Waals surface area contributed by atoms with Crippen molar-refractivity contribution >= 4 is 27.5 Å². The predicted molar refractivity (Wildman–Crippen MR) is 85.7 cm³/mol. The number of nitrogens with two attached hydrogens (primary N) is 1. The normalized spacial score (nSPS) is 15.5. The number of anilines is 1. The molecule has 1 saturated carbocycles. The van der Waals surface area contributed by atoms with Gasteiger partial charge in [0.2, 0.25) is 5.91 Å². The first-order valence-electron chi connectivity index (χ1n) is 7.10. The Bertz CT molecular complexity index is 472. The Morgan fingerprint density at radius 3 is 2.75 bits per heavy atom. The Hall–Kier alpha value is -1.07. The van der Waals surface area contributed by atoms with E-state index in [1.165, 1.54) is 18.4 Å². The van der Waals surface area contributed by atoms with Gasteiger partial charge in [-0.25, -0.2) is 0 Å². The van der Waals surface area contributed by atoms with Gasteiger partial charge in [0.15, 0.2) is 0 Å². The monoisotopic (exact) mass is 339 g/mol. The molecule has 5 heteroatoms. The first-order chi connectivity index (χ1) is 9.61. The first kappa shape index (κ1) is 15.3. The van der Waals surface area contributed by atoms with Crippen LogP contribution in [0.1, 0.15) is 31.2 Å². The van der Waals surface area contributed by atoms with Gasteiger partial charge in [-0.1, -0.05) is 28.8 Å². The van der Waals surface area contributed by atoms with Gasteiger partial charge in [-0.05, 0) is 43.7 Å². The van der Waals surface area contributed by atoms with Crippen molar-refractivity contribution in [2.24, 2.45) is 5.73 Å². The molecule has 0 bridgehead atoms. The van der Waals surface area contributed by atoms with Gasteiger partial charge in [0, 0.05) is 22.7 Å². The summed E-state index contributed by atoms with van der Waals surface area (Å²) >= 11 is 3.51. The maximum Gasteiger partial charge on any atom is 0.236 e. The summed E-state index contributed by atoms with van der Waals surface area (Å²) in [5.41, 5.74) is 7.76. The third kappa shape index (κ3) is 3.73. The zero-order valence-corrected chi connectivity index (χ0v) is 13.4. The molecule has 110 valence electrons. The van der Waals surface area contributed by atoms with Gasteiger partial charge < -0.3 is 16.0 Å². The fourth-order valence-electron chi connectivity index (χ4n) is 2.96. The van der Waals surface area contributed by atoms with E-state index in [9.17, 15) is 4.79 Å². The maximum absolute atomic E-state index is 11.4. The van der Waals surface area contributed by atoms with Crippen LogP contribution in [0.2, 0.25) is 0 Å². The molecule has 0 radical (unpaired) electrons. The van der Waals surface area contributed by atoms with E-state index in [1.54, 1.807) is 0 Å². The van der Waals surface area contributed by atoms with Gasteiger partial charge in [-0.2, -0.15) is 0 Å². The molecular weight excluding hydrogens is 318 g/mol. The molecular formula is C15H22BrN3O. The highest BCUT2D eigenvalue weighted by Crippen LogP contribution is 2.31. The smallest absolute Gasteiger partial charge is 0.236 e. The molecule has 0 aromatic heterocycles. The second-order valence-electron chi connectivity index (χ2n) is 5.34. The summed E-state index contributed by atoms with van der Waals surface area (Å²) in [6.07, 6.45) is 4.75. The van der Waals surface area contributed by atoms with Crippen LogP contribution in [-0.4, -0.2) is 25.5 Å². The van der Waals surface area contributed by atoms with Crippen molar-refractivity contribution in [2.75, 3.05) is 18.5 Å². The Labute approximate surface area is 128 Å². The van der Waals surface area contributed by atoms with E-state index in [4.69, 9.17) is 5.73 Å². The summed E-state index contributed by atoms with van der Waals surface area (Å²) in [6.45, 7) is 1.07. The average Bonchev–Trinajstić information content (AvgIpc) is 2.90. The topological polar surface area (TPSA) is 58.4 Å². The third-order valence-corrected chi connectivity index (χ3v) is 4.30. The number of primary amides is 1. The Morgan fingerprint density at radius 2 is 2.15 bits per heavy atom. The van der Waals surface area contributed by atoms with E-state index in [-0.39, 0.29) is 5.91 Å². The number of hydrogen-bond donors (Lipinski definition) is 2. The first-order valence-corrected chi connectivity index (χ1v) is 7.89. The lowest BCUT2D eigenvalue weighted by Gasteiger charge is -2.32. The van der Waals surface area contributed by atoms with Crippen LogP contribution in [0.3, 0.4) is 0 Å². The number of halogens is 1. The molecule has 1 aliphatic rings. The highest BCUT2D eigenvalue weighted by molar-refractivity contribution is 9.10. The number of nitrogens with zero attached hydrogens (tertiary/aromatic N) is 1. The average molecular weight is 340 g/mol. The zero-order valence-electron chi connectivity index (χ0n) is 11.9. The fourth-order valence-corrected chi connectivity index (χ4v) is 3.37. The van der Waals surface area contributed by atoms with Crippen LogP contribution in [-0.2, 0) is 11.3 Å². The minimum absolute atomic E-state index is 0.268. The summed E-state index contributed by atoms with van der Waals surface area (Å²) in [7, 11) is 1.93. The second-order valence-corrected chi connectivity index (χ2v) is 6.25. The minimum atomic E-state index is -0.268. The van der Waals surface area contributed by atoms with Crippen molar-refractivity contribution < 1.29 is 4.79 Å². The molecule has 1 fully saturated rings. The molecule has 0 saturated heterocycles. The lowest BCUT2D eigenvalue weighted by Crippen LogP contribution is -2.40. The summed E-state index contributed by atoms with van der Waals surface area (Å²) < 4.78 is 1.05. The largest absolute Gasteiger partial charge is 0.368 e. The van der Waals surface area contributed by atoms with E-state index < -0.39 is 0 Å². The number of amides is 1. The molecule has 4 nitrogen and oxygen atoms in total. The summed E-state index contributed by atoms with van der Waals surface area (Å²) in [5, 5.41) is 3.19. The number of benzene rings is 1. The zero-order chi connectivity index (χ0) is 14.5. The van der Waals surface area contributed by atoms with Gasteiger partial charge in [0.05, 0.1) is 6.54 Å². The molecule has 0 aliphatic heterocycles. The van der Waals surface area contributed by atoms with Crippen LogP contribution in [0, 0.1) is 0 Å². The molecule has 0 heterocycles. The van der Waals surface area contributed by atoms with Crippen molar-refractivity contribution in [3.05, 3.63) is 28.2 Å². The van der Waals surface area contributed by atoms with E-state index in [2.05, 4.69) is 38.3 Å². The van der Waals surface area contributed by atoms with E-state index in [1.807, 2.05) is 13.1 Å².